The molecule has 118 valence electrons. The van der Waals surface area contributed by atoms with Crippen LogP contribution in [0.3, 0.4) is 0 Å². The van der Waals surface area contributed by atoms with Crippen LogP contribution >= 0.6 is 22.3 Å². The molecule has 21 heavy (non-hydrogen) atoms. The number of carbonyl (C=O) groups excluding carboxylic acids is 1. The molecule has 0 saturated heterocycles. The highest BCUT2D eigenvalue weighted by atomic mass is 35.7. The summed E-state index contributed by atoms with van der Waals surface area (Å²) in [6.45, 7) is 4.01. The fourth-order valence-corrected chi connectivity index (χ4v) is 3.35. The predicted octanol–water partition coefficient (Wildman–Crippen LogP) is 4.31. The van der Waals surface area contributed by atoms with E-state index in [1.54, 1.807) is 6.92 Å². The first-order valence-electron chi connectivity index (χ1n) is 6.69. The Hall–Kier alpha value is -0.780. The Morgan fingerprint density at radius 1 is 1.24 bits per heavy atom. The molecule has 0 amide bonds. The molecular weight excluding hydrogens is 335 g/mol. The van der Waals surface area contributed by atoms with E-state index in [0.29, 0.717) is 12.2 Å². The minimum absolute atomic E-state index is 0.0181. The van der Waals surface area contributed by atoms with E-state index in [2.05, 4.69) is 6.92 Å². The van der Waals surface area contributed by atoms with E-state index >= 15 is 0 Å². The molecule has 0 atom stereocenters. The van der Waals surface area contributed by atoms with Crippen LogP contribution in [0.5, 0.6) is 0 Å². The van der Waals surface area contributed by atoms with E-state index in [1.807, 2.05) is 0 Å². The number of hydrogen-bond donors (Lipinski definition) is 0. The van der Waals surface area contributed by atoms with Crippen molar-refractivity contribution < 1.29 is 17.9 Å². The van der Waals surface area contributed by atoms with Gasteiger partial charge in [0.05, 0.1) is 17.2 Å². The number of hydrogen-bond acceptors (Lipinski definition) is 4. The molecule has 4 nitrogen and oxygen atoms in total. The van der Waals surface area contributed by atoms with E-state index in [-0.39, 0.29) is 15.5 Å². The Kier molecular flexibility index (Phi) is 6.97. The molecule has 1 aromatic carbocycles. The van der Waals surface area contributed by atoms with Gasteiger partial charge < -0.3 is 4.74 Å². The van der Waals surface area contributed by atoms with E-state index in [1.165, 1.54) is 6.07 Å². The summed E-state index contributed by atoms with van der Waals surface area (Å²) in [7, 11) is 1.30. The number of carbonyl (C=O) groups is 1. The smallest absolute Gasteiger partial charge is 0.338 e. The number of rotatable bonds is 7. The summed E-state index contributed by atoms with van der Waals surface area (Å²) < 4.78 is 28.0. The van der Waals surface area contributed by atoms with Crippen LogP contribution in [0.2, 0.25) is 5.02 Å². The molecule has 0 bridgehead atoms. The van der Waals surface area contributed by atoms with Crippen LogP contribution in [0.25, 0.3) is 0 Å². The lowest BCUT2D eigenvalue weighted by Crippen LogP contribution is -2.08. The summed E-state index contributed by atoms with van der Waals surface area (Å²) in [5.41, 5.74) is 0.586. The average molecular weight is 353 g/mol. The molecule has 0 aliphatic rings. The molecule has 0 aliphatic carbocycles. The quantitative estimate of drug-likeness (QED) is 0.416. The number of benzene rings is 1. The second kappa shape index (κ2) is 8.01. The van der Waals surface area contributed by atoms with Crippen molar-refractivity contribution in [3.8, 4) is 0 Å². The number of halogens is 2. The van der Waals surface area contributed by atoms with Crippen LogP contribution in [0.1, 0.15) is 48.5 Å². The van der Waals surface area contributed by atoms with Crippen molar-refractivity contribution in [3.05, 3.63) is 28.3 Å². The van der Waals surface area contributed by atoms with E-state index in [4.69, 9.17) is 27.0 Å². The minimum atomic E-state index is -4.01. The molecule has 0 aromatic heterocycles. The maximum absolute atomic E-state index is 11.9. The van der Waals surface area contributed by atoms with Gasteiger partial charge in [-0.15, -0.1) is 0 Å². The maximum Gasteiger partial charge on any atom is 0.338 e. The highest BCUT2D eigenvalue weighted by molar-refractivity contribution is 8.13. The lowest BCUT2D eigenvalue weighted by atomic mass is 10.1. The van der Waals surface area contributed by atoms with Crippen molar-refractivity contribution in [2.45, 2.75) is 44.4 Å². The highest BCUT2D eigenvalue weighted by Gasteiger charge is 2.20. The van der Waals surface area contributed by atoms with Gasteiger partial charge in [-0.3, -0.25) is 0 Å². The third-order valence-electron chi connectivity index (χ3n) is 2.95. The Labute approximate surface area is 134 Å². The van der Waals surface area contributed by atoms with Gasteiger partial charge in [0.2, 0.25) is 0 Å². The van der Waals surface area contributed by atoms with Crippen molar-refractivity contribution in [2.75, 3.05) is 6.61 Å². The molecule has 0 fully saturated rings. The number of esters is 1. The Bertz CT molecular complexity index is 612. The van der Waals surface area contributed by atoms with Crippen molar-refractivity contribution in [1.29, 1.82) is 0 Å². The molecule has 1 aromatic rings. The van der Waals surface area contributed by atoms with Crippen LogP contribution < -0.4 is 0 Å². The zero-order valence-electron chi connectivity index (χ0n) is 12.0. The molecule has 0 saturated carbocycles. The van der Waals surface area contributed by atoms with E-state index in [9.17, 15) is 13.2 Å². The van der Waals surface area contributed by atoms with E-state index < -0.39 is 15.0 Å². The van der Waals surface area contributed by atoms with E-state index in [0.717, 1.165) is 31.7 Å². The molecule has 0 spiro atoms. The standard InChI is InChI=1S/C14H18Cl2O4S/c1-3-4-5-6-7-20-14(17)11-8-10(2)13(15)12(9-11)21(16,18)19/h8-9H,3-7H2,1-2H3. The molecule has 7 heteroatoms. The monoisotopic (exact) mass is 352 g/mol. The van der Waals surface area contributed by atoms with Crippen LogP contribution in [0, 0.1) is 6.92 Å². The molecule has 0 N–H and O–H groups in total. The Balaban J connectivity index is 2.84. The first-order chi connectivity index (χ1) is 9.77. The van der Waals surface area contributed by atoms with Gasteiger partial charge in [0.25, 0.3) is 9.05 Å². The number of unbranched alkanes of at least 4 members (excludes halogenated alkanes) is 3. The van der Waals surface area contributed by atoms with Crippen LogP contribution in [0.4, 0.5) is 0 Å². The molecule has 0 unspecified atom stereocenters. The molecule has 0 heterocycles. The van der Waals surface area contributed by atoms with Gasteiger partial charge in [0.1, 0.15) is 4.90 Å². The van der Waals surface area contributed by atoms with Gasteiger partial charge in [0.15, 0.2) is 0 Å². The van der Waals surface area contributed by atoms with Gasteiger partial charge in [-0.05, 0) is 31.0 Å². The van der Waals surface area contributed by atoms with Gasteiger partial charge in [-0.25, -0.2) is 13.2 Å². The summed E-state index contributed by atoms with van der Waals surface area (Å²) in [5, 5.41) is 0.0181. The average Bonchev–Trinajstić information content (AvgIpc) is 2.39. The third-order valence-corrected chi connectivity index (χ3v) is 4.91. The van der Waals surface area contributed by atoms with Crippen molar-refractivity contribution in [3.63, 3.8) is 0 Å². The normalized spacial score (nSPS) is 11.4. The van der Waals surface area contributed by atoms with Crippen molar-refractivity contribution in [1.82, 2.24) is 0 Å². The zero-order chi connectivity index (χ0) is 16.0. The lowest BCUT2D eigenvalue weighted by Gasteiger charge is -2.09. The summed E-state index contributed by atoms with van der Waals surface area (Å²) >= 11 is 5.90. The summed E-state index contributed by atoms with van der Waals surface area (Å²) in [6, 6.07) is 2.63. The SMILES string of the molecule is CCCCCCOC(=O)c1cc(C)c(Cl)c(S(=O)(=O)Cl)c1. The topological polar surface area (TPSA) is 60.4 Å². The molecule has 0 radical (unpaired) electrons. The predicted molar refractivity (Wildman–Crippen MR) is 83.7 cm³/mol. The van der Waals surface area contributed by atoms with Gasteiger partial charge in [-0.1, -0.05) is 37.8 Å². The second-order valence-electron chi connectivity index (χ2n) is 4.74. The fourth-order valence-electron chi connectivity index (χ4n) is 1.81. The summed E-state index contributed by atoms with van der Waals surface area (Å²) in [5.74, 6) is -0.576. The summed E-state index contributed by atoms with van der Waals surface area (Å²) in [6.07, 6.45) is 3.96. The van der Waals surface area contributed by atoms with Gasteiger partial charge >= 0.3 is 5.97 Å². The van der Waals surface area contributed by atoms with Crippen molar-refractivity contribution >= 4 is 37.3 Å². The number of ether oxygens (including phenoxy) is 1. The minimum Gasteiger partial charge on any atom is -0.462 e. The lowest BCUT2D eigenvalue weighted by molar-refractivity contribution is 0.0497. The van der Waals surface area contributed by atoms with Crippen LogP contribution in [-0.4, -0.2) is 21.0 Å². The fraction of sp³-hybridized carbons (Fsp3) is 0.500. The largest absolute Gasteiger partial charge is 0.462 e. The van der Waals surface area contributed by atoms with Crippen LogP contribution in [-0.2, 0) is 13.8 Å². The van der Waals surface area contributed by atoms with Crippen molar-refractivity contribution in [2.24, 2.45) is 0 Å². The third kappa shape index (κ3) is 5.49. The first kappa shape index (κ1) is 18.3. The summed E-state index contributed by atoms with van der Waals surface area (Å²) in [4.78, 5) is 11.6. The zero-order valence-corrected chi connectivity index (χ0v) is 14.3. The molecule has 1 rings (SSSR count). The van der Waals surface area contributed by atoms with Gasteiger partial charge in [0, 0.05) is 10.7 Å². The molecular formula is C14H18Cl2O4S. The second-order valence-corrected chi connectivity index (χ2v) is 7.65. The van der Waals surface area contributed by atoms with Crippen LogP contribution in [0.15, 0.2) is 17.0 Å². The Morgan fingerprint density at radius 2 is 1.90 bits per heavy atom. The maximum atomic E-state index is 11.9. The number of aryl methyl sites for hydroxylation is 1. The molecule has 0 aliphatic heterocycles. The first-order valence-corrected chi connectivity index (χ1v) is 9.38. The highest BCUT2D eigenvalue weighted by Crippen LogP contribution is 2.29. The Morgan fingerprint density at radius 3 is 2.48 bits per heavy atom. The van der Waals surface area contributed by atoms with Gasteiger partial charge in [-0.2, -0.15) is 0 Å².